The molecule has 0 bridgehead atoms. The predicted octanol–water partition coefficient (Wildman–Crippen LogP) is 4.60. The number of anilines is 1. The lowest BCUT2D eigenvalue weighted by Crippen LogP contribution is -2.50. The molecule has 2 amide bonds. The van der Waals surface area contributed by atoms with Crippen molar-refractivity contribution in [2.24, 2.45) is 0 Å². The molecule has 0 radical (unpaired) electrons. The summed E-state index contributed by atoms with van der Waals surface area (Å²) < 4.78 is 19.8. The van der Waals surface area contributed by atoms with Crippen LogP contribution in [0.2, 0.25) is 0 Å². The van der Waals surface area contributed by atoms with Crippen LogP contribution in [-0.2, 0) is 16.1 Å². The number of halogens is 1. The molecule has 2 heterocycles. The van der Waals surface area contributed by atoms with Gasteiger partial charge in [-0.15, -0.1) is 11.8 Å². The predicted molar refractivity (Wildman–Crippen MR) is 130 cm³/mol. The maximum absolute atomic E-state index is 14.5. The van der Waals surface area contributed by atoms with Gasteiger partial charge in [0.15, 0.2) is 0 Å². The fourth-order valence-corrected chi connectivity index (χ4v) is 4.74. The van der Waals surface area contributed by atoms with E-state index >= 15 is 0 Å². The van der Waals surface area contributed by atoms with Crippen molar-refractivity contribution < 1.29 is 28.6 Å². The van der Waals surface area contributed by atoms with E-state index in [4.69, 9.17) is 4.74 Å². The molecule has 35 heavy (non-hydrogen) atoms. The first-order valence-electron chi connectivity index (χ1n) is 10.9. The molecular weight excluding hydrogens is 473 g/mol. The fourth-order valence-electron chi connectivity index (χ4n) is 3.66. The fraction of sp³-hybridized carbons (Fsp3) is 0.280. The summed E-state index contributed by atoms with van der Waals surface area (Å²) in [7, 11) is 0. The van der Waals surface area contributed by atoms with E-state index in [9.17, 15) is 23.9 Å². The van der Waals surface area contributed by atoms with Crippen LogP contribution in [-0.4, -0.2) is 45.5 Å². The SMILES string of the molecule is CC(C)(C)OC(=O)N[C@H]1CSc2cc(F)c(C(=O)O)cc2N(Cc2ccc3ccccc3n2)C1=O. The highest BCUT2D eigenvalue weighted by molar-refractivity contribution is 7.99. The third kappa shape index (κ3) is 5.54. The summed E-state index contributed by atoms with van der Waals surface area (Å²) in [6, 6.07) is 12.4. The first-order valence-corrected chi connectivity index (χ1v) is 11.9. The Bertz CT molecular complexity index is 1320. The van der Waals surface area contributed by atoms with Crippen LogP contribution < -0.4 is 10.2 Å². The van der Waals surface area contributed by atoms with Gasteiger partial charge >= 0.3 is 12.1 Å². The molecule has 1 aromatic heterocycles. The average Bonchev–Trinajstić information content (AvgIpc) is 2.89. The number of carboxylic acid groups (broad SMARTS) is 1. The van der Waals surface area contributed by atoms with E-state index in [1.165, 1.54) is 4.90 Å². The van der Waals surface area contributed by atoms with Crippen molar-refractivity contribution >= 4 is 46.3 Å². The van der Waals surface area contributed by atoms with E-state index in [1.807, 2.05) is 30.3 Å². The number of pyridine rings is 1. The number of carbonyl (C=O) groups excluding carboxylic acids is 2. The van der Waals surface area contributed by atoms with E-state index < -0.39 is 41.0 Å². The molecule has 0 aliphatic carbocycles. The lowest BCUT2D eigenvalue weighted by molar-refractivity contribution is -0.120. The number of aromatic carboxylic acids is 1. The van der Waals surface area contributed by atoms with Gasteiger partial charge in [0.1, 0.15) is 17.5 Å². The highest BCUT2D eigenvalue weighted by Crippen LogP contribution is 2.37. The zero-order chi connectivity index (χ0) is 25.3. The third-order valence-corrected chi connectivity index (χ3v) is 6.34. The van der Waals surface area contributed by atoms with Crippen LogP contribution in [0.5, 0.6) is 0 Å². The number of carboxylic acids is 1. The second kappa shape index (κ2) is 9.53. The maximum Gasteiger partial charge on any atom is 0.408 e. The zero-order valence-electron chi connectivity index (χ0n) is 19.4. The van der Waals surface area contributed by atoms with E-state index in [2.05, 4.69) is 10.3 Å². The molecule has 0 spiro atoms. The number of benzene rings is 2. The Morgan fingerprint density at radius 1 is 1.23 bits per heavy atom. The second-order valence-corrected chi connectivity index (χ2v) is 10.1. The number of hydrogen-bond acceptors (Lipinski definition) is 6. The summed E-state index contributed by atoms with van der Waals surface area (Å²) in [4.78, 5) is 43.9. The van der Waals surface area contributed by atoms with Gasteiger partial charge in [-0.3, -0.25) is 9.78 Å². The minimum absolute atomic E-state index is 0.00554. The molecule has 0 saturated heterocycles. The molecule has 2 N–H and O–H groups in total. The number of hydrogen-bond donors (Lipinski definition) is 2. The maximum atomic E-state index is 14.5. The lowest BCUT2D eigenvalue weighted by Gasteiger charge is -2.27. The number of para-hydroxylation sites is 1. The minimum atomic E-state index is -1.45. The topological polar surface area (TPSA) is 109 Å². The van der Waals surface area contributed by atoms with Gasteiger partial charge < -0.3 is 20.1 Å². The molecule has 182 valence electrons. The highest BCUT2D eigenvalue weighted by atomic mass is 32.2. The number of ether oxygens (including phenoxy) is 1. The standard InChI is InChI=1S/C25H24FN3O5S/c1-25(2,3)34-24(33)28-19-13-35-21-11-17(26)16(23(31)32)10-20(21)29(22(19)30)12-15-9-8-14-6-4-5-7-18(14)27-15/h4-11,19H,12-13H2,1-3H3,(H,28,33)(H,31,32)/t19-/m0/s1. The normalized spacial score (nSPS) is 15.9. The van der Waals surface area contributed by atoms with Crippen molar-refractivity contribution in [1.29, 1.82) is 0 Å². The molecule has 1 atom stereocenters. The Kier molecular flexibility index (Phi) is 6.66. The van der Waals surface area contributed by atoms with Crippen molar-refractivity contribution in [3.8, 4) is 0 Å². The van der Waals surface area contributed by atoms with Crippen molar-refractivity contribution in [2.75, 3.05) is 10.7 Å². The molecule has 1 aliphatic rings. The van der Waals surface area contributed by atoms with Gasteiger partial charge in [-0.25, -0.2) is 14.0 Å². The van der Waals surface area contributed by atoms with Gasteiger partial charge in [0, 0.05) is 16.0 Å². The van der Waals surface area contributed by atoms with Crippen LogP contribution >= 0.6 is 11.8 Å². The molecule has 3 aromatic rings. The minimum Gasteiger partial charge on any atom is -0.478 e. The van der Waals surface area contributed by atoms with Crippen molar-refractivity contribution in [3.63, 3.8) is 0 Å². The van der Waals surface area contributed by atoms with Gasteiger partial charge in [-0.05, 0) is 45.0 Å². The first kappa shape index (κ1) is 24.5. The number of nitrogens with one attached hydrogen (secondary N) is 1. The number of alkyl carbamates (subject to hydrolysis) is 1. The van der Waals surface area contributed by atoms with Gasteiger partial charge in [-0.1, -0.05) is 24.3 Å². The Morgan fingerprint density at radius 3 is 2.69 bits per heavy atom. The average molecular weight is 498 g/mol. The van der Waals surface area contributed by atoms with E-state index in [0.29, 0.717) is 10.6 Å². The zero-order valence-corrected chi connectivity index (χ0v) is 20.2. The Hall–Kier alpha value is -3.66. The highest BCUT2D eigenvalue weighted by Gasteiger charge is 2.34. The molecular formula is C25H24FN3O5S. The Labute approximate surface area is 205 Å². The molecule has 0 fully saturated rings. The molecule has 4 rings (SSSR count). The monoisotopic (exact) mass is 497 g/mol. The van der Waals surface area contributed by atoms with E-state index in [0.717, 1.165) is 34.8 Å². The number of aromatic nitrogens is 1. The van der Waals surface area contributed by atoms with E-state index in [-0.39, 0.29) is 18.0 Å². The Balaban J connectivity index is 1.73. The molecule has 1 aliphatic heterocycles. The molecule has 0 unspecified atom stereocenters. The van der Waals surface area contributed by atoms with Crippen molar-refractivity contribution in [2.45, 2.75) is 43.9 Å². The summed E-state index contributed by atoms with van der Waals surface area (Å²) in [5.41, 5.74) is 0.208. The molecule has 2 aromatic carbocycles. The van der Waals surface area contributed by atoms with Crippen LogP contribution in [0.4, 0.5) is 14.9 Å². The summed E-state index contributed by atoms with van der Waals surface area (Å²) in [5, 5.41) is 13.0. The molecule has 8 nitrogen and oxygen atoms in total. The summed E-state index contributed by atoms with van der Waals surface area (Å²) in [6.45, 7) is 5.12. The smallest absolute Gasteiger partial charge is 0.408 e. The van der Waals surface area contributed by atoms with Crippen LogP contribution in [0.25, 0.3) is 10.9 Å². The molecule has 0 saturated carbocycles. The van der Waals surface area contributed by atoms with Crippen molar-refractivity contribution in [1.82, 2.24) is 10.3 Å². The van der Waals surface area contributed by atoms with Crippen LogP contribution in [0.3, 0.4) is 0 Å². The molecule has 10 heteroatoms. The van der Waals surface area contributed by atoms with Gasteiger partial charge in [-0.2, -0.15) is 0 Å². The number of carbonyl (C=O) groups is 3. The van der Waals surface area contributed by atoms with Gasteiger partial charge in [0.05, 0.1) is 29.0 Å². The summed E-state index contributed by atoms with van der Waals surface area (Å²) in [6.07, 6.45) is -0.761. The van der Waals surface area contributed by atoms with Crippen molar-refractivity contribution in [3.05, 3.63) is 65.6 Å². The van der Waals surface area contributed by atoms with Gasteiger partial charge in [0.2, 0.25) is 0 Å². The number of fused-ring (bicyclic) bond motifs is 2. The largest absolute Gasteiger partial charge is 0.478 e. The second-order valence-electron chi connectivity index (χ2n) is 9.03. The van der Waals surface area contributed by atoms with Crippen LogP contribution in [0.1, 0.15) is 36.8 Å². The number of nitrogens with zero attached hydrogens (tertiary/aromatic N) is 2. The first-order chi connectivity index (χ1) is 16.5. The van der Waals surface area contributed by atoms with E-state index in [1.54, 1.807) is 26.8 Å². The summed E-state index contributed by atoms with van der Waals surface area (Å²) >= 11 is 1.15. The number of amides is 2. The number of rotatable bonds is 4. The van der Waals surface area contributed by atoms with Crippen LogP contribution in [0, 0.1) is 5.82 Å². The summed E-state index contributed by atoms with van der Waals surface area (Å²) in [5.74, 6) is -2.73. The van der Waals surface area contributed by atoms with Gasteiger partial charge in [0.25, 0.3) is 5.91 Å². The van der Waals surface area contributed by atoms with Crippen LogP contribution in [0.15, 0.2) is 53.4 Å². The number of thioether (sulfide) groups is 1. The quantitative estimate of drug-likeness (QED) is 0.542. The third-order valence-electron chi connectivity index (χ3n) is 5.21. The Morgan fingerprint density at radius 2 is 1.97 bits per heavy atom. The lowest BCUT2D eigenvalue weighted by atomic mass is 10.1.